The molecule has 0 aliphatic carbocycles. The van der Waals surface area contributed by atoms with Crippen LogP contribution in [-0.4, -0.2) is 0 Å². The van der Waals surface area contributed by atoms with E-state index in [1.54, 1.807) is 0 Å². The fourth-order valence-electron chi connectivity index (χ4n) is 5.82. The Hall–Kier alpha value is -3.90. The molecule has 0 N–H and O–H groups in total. The summed E-state index contributed by atoms with van der Waals surface area (Å²) in [6.07, 6.45) is 0. The van der Waals surface area contributed by atoms with Crippen LogP contribution in [-0.2, 0) is 0 Å². The monoisotopic (exact) mass is 376 g/mol. The van der Waals surface area contributed by atoms with Gasteiger partial charge in [-0.2, -0.15) is 0 Å². The minimum absolute atomic E-state index is 1.32. The summed E-state index contributed by atoms with van der Waals surface area (Å²) in [7, 11) is 0. The molecule has 0 unspecified atom stereocenters. The molecule has 0 amide bonds. The normalized spacial score (nSPS) is 12.7. The van der Waals surface area contributed by atoms with E-state index in [-0.39, 0.29) is 0 Å². The van der Waals surface area contributed by atoms with E-state index in [1.807, 2.05) is 0 Å². The molecular weight excluding hydrogens is 360 g/mol. The largest absolute Gasteiger partial charge is 0.0610 e. The maximum Gasteiger partial charge on any atom is -0.00264 e. The lowest BCUT2D eigenvalue weighted by molar-refractivity contribution is 1.85. The molecule has 30 heavy (non-hydrogen) atoms. The summed E-state index contributed by atoms with van der Waals surface area (Å²) < 4.78 is 0. The molecule has 0 aromatic heterocycles. The predicted molar refractivity (Wildman–Crippen MR) is 131 cm³/mol. The number of hydrogen-bond donors (Lipinski definition) is 0. The Morgan fingerprint density at radius 1 is 0.267 bits per heavy atom. The first kappa shape index (κ1) is 15.0. The zero-order valence-electron chi connectivity index (χ0n) is 16.2. The first-order valence-electron chi connectivity index (χ1n) is 10.5. The van der Waals surface area contributed by atoms with Crippen LogP contribution in [0.2, 0.25) is 0 Å². The maximum atomic E-state index is 2.41. The molecule has 0 heteroatoms. The Kier molecular flexibility index (Phi) is 2.49. The Morgan fingerprint density at radius 2 is 0.567 bits per heavy atom. The standard InChI is InChI=1S/C30H16/c1-5-17-6-2-10-22-26-14-20-16-28-24-12-4-8-18-7-3-11-23(30(18)24)27(28)15-19(20)13-25(26)21(9-1)29(17)22/h1-16H. The van der Waals surface area contributed by atoms with Crippen molar-refractivity contribution in [2.24, 2.45) is 0 Å². The van der Waals surface area contributed by atoms with E-state index >= 15 is 0 Å². The topological polar surface area (TPSA) is 0 Å². The van der Waals surface area contributed by atoms with Crippen molar-refractivity contribution in [1.29, 1.82) is 0 Å². The van der Waals surface area contributed by atoms with E-state index in [0.29, 0.717) is 0 Å². The summed E-state index contributed by atoms with van der Waals surface area (Å²) >= 11 is 0. The molecule has 0 spiro atoms. The molecule has 0 nitrogen and oxygen atoms in total. The SMILES string of the molecule is c1cc2cccc3c4cc5cc6c(cc5cc4c(c1)c23)c1cccc2cccc6c21. The second-order valence-corrected chi connectivity index (χ2v) is 8.56. The van der Waals surface area contributed by atoms with Crippen molar-refractivity contribution in [2.75, 3.05) is 0 Å². The lowest BCUT2D eigenvalue weighted by atomic mass is 10.0. The first-order chi connectivity index (χ1) is 14.9. The van der Waals surface area contributed by atoms with Crippen LogP contribution in [0.4, 0.5) is 0 Å². The molecule has 0 atom stereocenters. The molecule has 0 saturated carbocycles. The van der Waals surface area contributed by atoms with E-state index < -0.39 is 0 Å². The molecule has 0 aliphatic rings. The second-order valence-electron chi connectivity index (χ2n) is 8.56. The average Bonchev–Trinajstić information content (AvgIpc) is 3.27. The molecule has 136 valence electrons. The zero-order valence-corrected chi connectivity index (χ0v) is 16.2. The number of hydrogen-bond acceptors (Lipinski definition) is 0. The highest BCUT2D eigenvalue weighted by atomic mass is 14.2. The van der Waals surface area contributed by atoms with E-state index in [1.165, 1.54) is 75.4 Å². The quantitative estimate of drug-likeness (QED) is 0.248. The molecule has 0 fully saturated rings. The maximum absolute atomic E-state index is 2.41. The van der Waals surface area contributed by atoms with Gasteiger partial charge in [0, 0.05) is 0 Å². The van der Waals surface area contributed by atoms with Gasteiger partial charge >= 0.3 is 0 Å². The Balaban J connectivity index is 1.63. The average molecular weight is 376 g/mol. The summed E-state index contributed by atoms with van der Waals surface area (Å²) in [5.74, 6) is 0. The van der Waals surface area contributed by atoms with Gasteiger partial charge in [-0.15, -0.1) is 0 Å². The number of rotatable bonds is 0. The Labute approximate surface area is 172 Å². The van der Waals surface area contributed by atoms with Gasteiger partial charge in [0.2, 0.25) is 0 Å². The van der Waals surface area contributed by atoms with E-state index in [9.17, 15) is 0 Å². The fourth-order valence-corrected chi connectivity index (χ4v) is 5.82. The third-order valence-electron chi connectivity index (χ3n) is 7.08. The number of fused-ring (bicyclic) bond motifs is 7. The molecule has 0 radical (unpaired) electrons. The van der Waals surface area contributed by atoms with Crippen molar-refractivity contribution in [2.45, 2.75) is 0 Å². The van der Waals surface area contributed by atoms with Crippen LogP contribution < -0.4 is 0 Å². The van der Waals surface area contributed by atoms with Crippen molar-refractivity contribution in [1.82, 2.24) is 0 Å². The second kappa shape index (κ2) is 4.98. The molecule has 8 aromatic carbocycles. The molecule has 0 aliphatic heterocycles. The number of benzene rings is 6. The van der Waals surface area contributed by atoms with Gasteiger partial charge in [0.15, 0.2) is 0 Å². The van der Waals surface area contributed by atoms with Crippen molar-refractivity contribution in [3.63, 3.8) is 0 Å². The minimum atomic E-state index is 1.32. The highest BCUT2D eigenvalue weighted by molar-refractivity contribution is 6.34. The third-order valence-corrected chi connectivity index (χ3v) is 7.08. The van der Waals surface area contributed by atoms with Gasteiger partial charge in [-0.3, -0.25) is 0 Å². The summed E-state index contributed by atoms with van der Waals surface area (Å²) in [6.45, 7) is 0. The zero-order chi connectivity index (χ0) is 19.4. The van der Waals surface area contributed by atoms with Crippen molar-refractivity contribution < 1.29 is 0 Å². The first-order valence-corrected chi connectivity index (χ1v) is 10.5. The molecule has 8 aromatic rings. The van der Waals surface area contributed by atoms with Crippen LogP contribution in [0.5, 0.6) is 0 Å². The molecule has 0 bridgehead atoms. The summed E-state index contributed by atoms with van der Waals surface area (Å²) in [5.41, 5.74) is 0. The van der Waals surface area contributed by atoms with Crippen LogP contribution in [0, 0.1) is 0 Å². The van der Waals surface area contributed by atoms with Crippen LogP contribution in [0.25, 0.3) is 75.4 Å². The summed E-state index contributed by atoms with van der Waals surface area (Å²) in [6, 6.07) is 36.3. The summed E-state index contributed by atoms with van der Waals surface area (Å²) in [5, 5.41) is 19.0. The van der Waals surface area contributed by atoms with Gasteiger partial charge in [0.1, 0.15) is 0 Å². The van der Waals surface area contributed by atoms with Gasteiger partial charge in [-0.25, -0.2) is 0 Å². The highest BCUT2D eigenvalue weighted by Gasteiger charge is 2.15. The molecule has 8 rings (SSSR count). The molecule has 0 heterocycles. The van der Waals surface area contributed by atoms with Gasteiger partial charge in [0.25, 0.3) is 0 Å². The van der Waals surface area contributed by atoms with Gasteiger partial charge in [-0.1, -0.05) is 72.8 Å². The smallest absolute Gasteiger partial charge is 0.00264 e. The van der Waals surface area contributed by atoms with E-state index in [4.69, 9.17) is 0 Å². The highest BCUT2D eigenvalue weighted by Crippen LogP contribution is 2.43. The van der Waals surface area contributed by atoms with Crippen molar-refractivity contribution >= 4 is 75.4 Å². The fraction of sp³-hybridized carbons (Fsp3) is 0. The van der Waals surface area contributed by atoms with Crippen LogP contribution in [0.3, 0.4) is 0 Å². The third kappa shape index (κ3) is 1.66. The van der Waals surface area contributed by atoms with Gasteiger partial charge in [-0.05, 0) is 99.7 Å². The van der Waals surface area contributed by atoms with Gasteiger partial charge < -0.3 is 0 Å². The van der Waals surface area contributed by atoms with Crippen LogP contribution in [0.1, 0.15) is 0 Å². The van der Waals surface area contributed by atoms with Crippen LogP contribution in [0.15, 0.2) is 97.1 Å². The van der Waals surface area contributed by atoms with E-state index in [2.05, 4.69) is 97.1 Å². The Morgan fingerprint density at radius 3 is 0.867 bits per heavy atom. The van der Waals surface area contributed by atoms with Crippen molar-refractivity contribution in [3.8, 4) is 0 Å². The van der Waals surface area contributed by atoms with Crippen LogP contribution >= 0.6 is 0 Å². The van der Waals surface area contributed by atoms with Crippen molar-refractivity contribution in [3.05, 3.63) is 97.1 Å². The van der Waals surface area contributed by atoms with E-state index in [0.717, 1.165) is 0 Å². The molecule has 0 saturated heterocycles. The molecular formula is C30H16. The lowest BCUT2D eigenvalue weighted by Gasteiger charge is -2.02. The predicted octanol–water partition coefficient (Wildman–Crippen LogP) is 8.63. The Bertz CT molecular complexity index is 1670. The lowest BCUT2D eigenvalue weighted by Crippen LogP contribution is -1.75. The summed E-state index contributed by atoms with van der Waals surface area (Å²) in [4.78, 5) is 0. The van der Waals surface area contributed by atoms with Gasteiger partial charge in [0.05, 0.1) is 0 Å². The minimum Gasteiger partial charge on any atom is -0.0610 e.